The molecule has 1 rings (SSSR count). The summed E-state index contributed by atoms with van der Waals surface area (Å²) in [6.45, 7) is 3.33. The predicted molar refractivity (Wildman–Crippen MR) is 84.1 cm³/mol. The van der Waals surface area contributed by atoms with E-state index in [9.17, 15) is 4.79 Å². The molecule has 5 heteroatoms. The summed E-state index contributed by atoms with van der Waals surface area (Å²) < 4.78 is 5.42. The van der Waals surface area contributed by atoms with Crippen LogP contribution < -0.4 is 11.1 Å². The first-order valence-corrected chi connectivity index (χ1v) is 7.44. The second kappa shape index (κ2) is 9.61. The number of nitrogens with two attached hydrogens (primary N) is 1. The van der Waals surface area contributed by atoms with Crippen LogP contribution in [-0.2, 0) is 9.53 Å². The van der Waals surface area contributed by atoms with Crippen molar-refractivity contribution in [1.29, 1.82) is 0 Å². The fourth-order valence-electron chi connectivity index (χ4n) is 1.76. The van der Waals surface area contributed by atoms with Crippen LogP contribution in [0, 0.1) is 0 Å². The molecule has 1 amide bonds. The van der Waals surface area contributed by atoms with Crippen molar-refractivity contribution in [1.82, 2.24) is 0 Å². The van der Waals surface area contributed by atoms with Crippen molar-refractivity contribution in [3.8, 4) is 0 Å². The molecule has 0 aliphatic rings. The van der Waals surface area contributed by atoms with E-state index in [1.54, 1.807) is 18.2 Å². The molecule has 4 nitrogen and oxygen atoms in total. The number of unbranched alkanes of at least 4 members (excludes halogenated alkanes) is 3. The minimum absolute atomic E-state index is 0.104. The third-order valence-corrected chi connectivity index (χ3v) is 3.14. The molecule has 3 N–H and O–H groups in total. The summed E-state index contributed by atoms with van der Waals surface area (Å²) in [6.07, 6.45) is 5.02. The van der Waals surface area contributed by atoms with Gasteiger partial charge in [-0.25, -0.2) is 0 Å². The SMILES string of the molecule is CCCCCCOCCC(=O)Nc1ccc(Cl)cc1N. The summed E-state index contributed by atoms with van der Waals surface area (Å²) in [6, 6.07) is 5.00. The quantitative estimate of drug-likeness (QED) is 0.537. The highest BCUT2D eigenvalue weighted by molar-refractivity contribution is 6.31. The lowest BCUT2D eigenvalue weighted by Crippen LogP contribution is -2.15. The van der Waals surface area contributed by atoms with Crippen molar-refractivity contribution in [3.05, 3.63) is 23.2 Å². The summed E-state index contributed by atoms with van der Waals surface area (Å²) >= 11 is 5.80. The minimum atomic E-state index is -0.104. The number of carbonyl (C=O) groups is 1. The number of hydrogen-bond acceptors (Lipinski definition) is 3. The highest BCUT2D eigenvalue weighted by Gasteiger charge is 2.05. The Kier molecular flexibility index (Phi) is 8.07. The number of nitrogens with one attached hydrogen (secondary N) is 1. The smallest absolute Gasteiger partial charge is 0.226 e. The molecule has 0 aromatic heterocycles. The molecular formula is C15H23ClN2O2. The average Bonchev–Trinajstić information content (AvgIpc) is 2.41. The number of nitrogen functional groups attached to an aromatic ring is 1. The highest BCUT2D eigenvalue weighted by atomic mass is 35.5. The molecule has 0 aliphatic carbocycles. The van der Waals surface area contributed by atoms with Gasteiger partial charge in [0.2, 0.25) is 5.91 Å². The molecule has 20 heavy (non-hydrogen) atoms. The number of benzene rings is 1. The van der Waals surface area contributed by atoms with Gasteiger partial charge in [-0.2, -0.15) is 0 Å². The van der Waals surface area contributed by atoms with E-state index in [-0.39, 0.29) is 5.91 Å². The van der Waals surface area contributed by atoms with Crippen LogP contribution in [0.25, 0.3) is 0 Å². The molecule has 0 spiro atoms. The zero-order chi connectivity index (χ0) is 14.8. The van der Waals surface area contributed by atoms with E-state index in [1.165, 1.54) is 19.3 Å². The van der Waals surface area contributed by atoms with Crippen molar-refractivity contribution in [2.75, 3.05) is 24.3 Å². The normalized spacial score (nSPS) is 10.5. The van der Waals surface area contributed by atoms with E-state index in [2.05, 4.69) is 12.2 Å². The zero-order valence-corrected chi connectivity index (χ0v) is 12.7. The third kappa shape index (κ3) is 6.78. The van der Waals surface area contributed by atoms with Gasteiger partial charge in [0.1, 0.15) is 0 Å². The van der Waals surface area contributed by atoms with E-state index in [0.717, 1.165) is 13.0 Å². The first-order valence-electron chi connectivity index (χ1n) is 7.06. The lowest BCUT2D eigenvalue weighted by molar-refractivity contribution is -0.117. The lowest BCUT2D eigenvalue weighted by Gasteiger charge is -2.08. The topological polar surface area (TPSA) is 64.3 Å². The Hall–Kier alpha value is -1.26. The van der Waals surface area contributed by atoms with Crippen LogP contribution in [-0.4, -0.2) is 19.1 Å². The summed E-state index contributed by atoms with van der Waals surface area (Å²) in [5.74, 6) is -0.104. The lowest BCUT2D eigenvalue weighted by atomic mass is 10.2. The first-order chi connectivity index (χ1) is 9.63. The molecule has 0 fully saturated rings. The van der Waals surface area contributed by atoms with Crippen molar-refractivity contribution in [3.63, 3.8) is 0 Å². The Morgan fingerprint density at radius 1 is 1.30 bits per heavy atom. The Balaban J connectivity index is 2.17. The predicted octanol–water partition coefficient (Wildman–Crippen LogP) is 3.85. The van der Waals surface area contributed by atoms with Gasteiger partial charge in [0, 0.05) is 11.6 Å². The fourth-order valence-corrected chi connectivity index (χ4v) is 1.94. The van der Waals surface area contributed by atoms with Crippen molar-refractivity contribution in [2.24, 2.45) is 0 Å². The molecule has 0 radical (unpaired) electrons. The number of amides is 1. The third-order valence-electron chi connectivity index (χ3n) is 2.90. The van der Waals surface area contributed by atoms with Gasteiger partial charge in [0.25, 0.3) is 0 Å². The fraction of sp³-hybridized carbons (Fsp3) is 0.533. The van der Waals surface area contributed by atoms with Gasteiger partial charge >= 0.3 is 0 Å². The molecule has 1 aromatic rings. The standard InChI is InChI=1S/C15H23ClN2O2/c1-2-3-4-5-9-20-10-8-15(19)18-14-7-6-12(16)11-13(14)17/h6-7,11H,2-5,8-10,17H2,1H3,(H,18,19). The van der Waals surface area contributed by atoms with E-state index in [4.69, 9.17) is 22.1 Å². The van der Waals surface area contributed by atoms with Gasteiger partial charge < -0.3 is 15.8 Å². The average molecular weight is 299 g/mol. The molecule has 1 aromatic carbocycles. The van der Waals surface area contributed by atoms with Crippen molar-refractivity contribution < 1.29 is 9.53 Å². The summed E-state index contributed by atoms with van der Waals surface area (Å²) in [4.78, 5) is 11.7. The van der Waals surface area contributed by atoms with Crippen LogP contribution >= 0.6 is 11.6 Å². The van der Waals surface area contributed by atoms with Crippen LogP contribution in [0.5, 0.6) is 0 Å². The Labute approximate surface area is 125 Å². The molecule has 0 saturated carbocycles. The Morgan fingerprint density at radius 2 is 2.10 bits per heavy atom. The number of anilines is 2. The number of carbonyl (C=O) groups excluding carboxylic acids is 1. The van der Waals surface area contributed by atoms with Crippen LogP contribution in [0.3, 0.4) is 0 Å². The summed E-state index contributed by atoms with van der Waals surface area (Å²) in [5.41, 5.74) is 6.81. The maximum Gasteiger partial charge on any atom is 0.226 e. The largest absolute Gasteiger partial charge is 0.397 e. The second-order valence-electron chi connectivity index (χ2n) is 4.70. The molecular weight excluding hydrogens is 276 g/mol. The Morgan fingerprint density at radius 3 is 2.80 bits per heavy atom. The molecule has 112 valence electrons. The van der Waals surface area contributed by atoms with E-state index >= 15 is 0 Å². The molecule has 0 saturated heterocycles. The number of ether oxygens (including phenoxy) is 1. The van der Waals surface area contributed by atoms with Crippen molar-refractivity contribution in [2.45, 2.75) is 39.0 Å². The van der Waals surface area contributed by atoms with Gasteiger partial charge in [0.05, 0.1) is 24.4 Å². The molecule has 0 unspecified atom stereocenters. The first kappa shape index (κ1) is 16.8. The highest BCUT2D eigenvalue weighted by Crippen LogP contribution is 2.22. The van der Waals surface area contributed by atoms with E-state index < -0.39 is 0 Å². The van der Waals surface area contributed by atoms with Crippen molar-refractivity contribution >= 4 is 28.9 Å². The summed E-state index contributed by atoms with van der Waals surface area (Å²) in [5, 5.41) is 3.30. The van der Waals surface area contributed by atoms with Gasteiger partial charge in [-0.15, -0.1) is 0 Å². The van der Waals surface area contributed by atoms with Gasteiger partial charge in [-0.3, -0.25) is 4.79 Å². The minimum Gasteiger partial charge on any atom is -0.397 e. The monoisotopic (exact) mass is 298 g/mol. The van der Waals surface area contributed by atoms with Crippen LogP contribution in [0.1, 0.15) is 39.0 Å². The maximum absolute atomic E-state index is 11.7. The number of rotatable bonds is 9. The van der Waals surface area contributed by atoms with Gasteiger partial charge in [-0.1, -0.05) is 37.8 Å². The van der Waals surface area contributed by atoms with Gasteiger partial charge in [0.15, 0.2) is 0 Å². The maximum atomic E-state index is 11.7. The van der Waals surface area contributed by atoms with Crippen LogP contribution in [0.4, 0.5) is 11.4 Å². The van der Waals surface area contributed by atoms with Crippen LogP contribution in [0.15, 0.2) is 18.2 Å². The van der Waals surface area contributed by atoms with E-state index in [0.29, 0.717) is 29.4 Å². The molecule has 0 heterocycles. The number of halogens is 1. The second-order valence-corrected chi connectivity index (χ2v) is 5.14. The zero-order valence-electron chi connectivity index (χ0n) is 12.0. The van der Waals surface area contributed by atoms with E-state index in [1.807, 2.05) is 0 Å². The molecule has 0 bridgehead atoms. The van der Waals surface area contributed by atoms with Gasteiger partial charge in [-0.05, 0) is 24.6 Å². The summed E-state index contributed by atoms with van der Waals surface area (Å²) in [7, 11) is 0. The molecule has 0 aliphatic heterocycles. The molecule has 0 atom stereocenters. The Bertz CT molecular complexity index is 424. The van der Waals surface area contributed by atoms with Crippen LogP contribution in [0.2, 0.25) is 5.02 Å². The number of hydrogen-bond donors (Lipinski definition) is 2.